The topological polar surface area (TPSA) is 70.7 Å². The van der Waals surface area contributed by atoms with Gasteiger partial charge in [0.05, 0.1) is 18.5 Å². The van der Waals surface area contributed by atoms with Crippen molar-refractivity contribution in [2.24, 2.45) is 0 Å². The van der Waals surface area contributed by atoms with Gasteiger partial charge in [-0.3, -0.25) is 4.90 Å². The Hall–Kier alpha value is -0.210. The van der Waals surface area contributed by atoms with Crippen LogP contribution in [0.15, 0.2) is 0 Å². The number of sulfonamides is 1. The molecule has 2 N–H and O–H groups in total. The molecular weight excluding hydrogens is 266 g/mol. The van der Waals surface area contributed by atoms with Crippen LogP contribution in [0, 0.1) is 0 Å². The normalized spacial score (nSPS) is 25.3. The van der Waals surface area contributed by atoms with Crippen molar-refractivity contribution in [2.75, 3.05) is 45.9 Å². The van der Waals surface area contributed by atoms with E-state index < -0.39 is 10.0 Å². The summed E-state index contributed by atoms with van der Waals surface area (Å²) in [5.74, 6) is 0. The molecule has 0 aromatic heterocycles. The van der Waals surface area contributed by atoms with Crippen LogP contribution in [0.2, 0.25) is 0 Å². The number of morpholine rings is 1. The van der Waals surface area contributed by atoms with Crippen molar-refractivity contribution in [3.63, 3.8) is 0 Å². The summed E-state index contributed by atoms with van der Waals surface area (Å²) in [5.41, 5.74) is 0. The Morgan fingerprint density at radius 2 is 1.95 bits per heavy atom. The third-order valence-electron chi connectivity index (χ3n) is 3.73. The maximum absolute atomic E-state index is 12.3. The van der Waals surface area contributed by atoms with Crippen molar-refractivity contribution >= 4 is 10.0 Å². The number of hydrogen-bond acceptors (Lipinski definition) is 5. The first-order chi connectivity index (χ1) is 9.08. The second-order valence-electron chi connectivity index (χ2n) is 5.43. The highest BCUT2D eigenvalue weighted by Crippen LogP contribution is 2.12. The first-order valence-corrected chi connectivity index (χ1v) is 8.64. The molecule has 2 saturated heterocycles. The number of piperidine rings is 1. The van der Waals surface area contributed by atoms with Crippen LogP contribution in [0.4, 0.5) is 0 Å². The Balaban J connectivity index is 1.80. The van der Waals surface area contributed by atoms with Crippen molar-refractivity contribution in [1.29, 1.82) is 0 Å². The van der Waals surface area contributed by atoms with E-state index in [0.29, 0.717) is 12.8 Å². The molecule has 112 valence electrons. The van der Waals surface area contributed by atoms with Crippen LogP contribution >= 0.6 is 0 Å². The van der Waals surface area contributed by atoms with Crippen LogP contribution in [0.5, 0.6) is 0 Å². The average Bonchev–Trinajstić information content (AvgIpc) is 2.40. The summed E-state index contributed by atoms with van der Waals surface area (Å²) in [6.45, 7) is 7.55. The fourth-order valence-electron chi connectivity index (χ4n) is 2.69. The Morgan fingerprint density at radius 1 is 1.32 bits per heavy atom. The van der Waals surface area contributed by atoms with Gasteiger partial charge in [-0.1, -0.05) is 0 Å². The van der Waals surface area contributed by atoms with Crippen LogP contribution < -0.4 is 10.0 Å². The second kappa shape index (κ2) is 6.99. The summed E-state index contributed by atoms with van der Waals surface area (Å²) in [6.07, 6.45) is 1.42. The minimum atomic E-state index is -3.18. The quantitative estimate of drug-likeness (QED) is 0.706. The summed E-state index contributed by atoms with van der Waals surface area (Å²) >= 11 is 0. The van der Waals surface area contributed by atoms with Crippen LogP contribution in [0.25, 0.3) is 0 Å². The van der Waals surface area contributed by atoms with Gasteiger partial charge in [0.2, 0.25) is 10.0 Å². The Morgan fingerprint density at radius 3 is 2.58 bits per heavy atom. The highest BCUT2D eigenvalue weighted by molar-refractivity contribution is 7.90. The molecule has 1 atom stereocenters. The van der Waals surface area contributed by atoms with Gasteiger partial charge >= 0.3 is 0 Å². The lowest BCUT2D eigenvalue weighted by Crippen LogP contribution is -2.49. The molecule has 7 heteroatoms. The minimum Gasteiger partial charge on any atom is -0.379 e. The van der Waals surface area contributed by atoms with E-state index in [1.165, 1.54) is 0 Å². The first kappa shape index (κ1) is 15.2. The smallest absolute Gasteiger partial charge is 0.214 e. The molecule has 2 aliphatic rings. The fourth-order valence-corrected chi connectivity index (χ4v) is 4.37. The van der Waals surface area contributed by atoms with E-state index in [4.69, 9.17) is 4.74 Å². The second-order valence-corrected chi connectivity index (χ2v) is 7.42. The molecule has 0 spiro atoms. The lowest BCUT2D eigenvalue weighted by molar-refractivity contribution is 0.0354. The zero-order chi connectivity index (χ0) is 13.7. The summed E-state index contributed by atoms with van der Waals surface area (Å²) in [4.78, 5) is 2.25. The van der Waals surface area contributed by atoms with Crippen LogP contribution in [0.3, 0.4) is 0 Å². The van der Waals surface area contributed by atoms with Crippen molar-refractivity contribution < 1.29 is 13.2 Å². The Labute approximate surface area is 115 Å². The summed E-state index contributed by atoms with van der Waals surface area (Å²) in [5, 5.41) is 2.96. The molecule has 0 aliphatic carbocycles. The van der Waals surface area contributed by atoms with Gasteiger partial charge in [-0.15, -0.1) is 0 Å². The van der Waals surface area contributed by atoms with E-state index in [-0.39, 0.29) is 11.3 Å². The number of nitrogens with zero attached hydrogens (tertiary/aromatic N) is 1. The third-order valence-corrected chi connectivity index (χ3v) is 5.81. The average molecular weight is 291 g/mol. The highest BCUT2D eigenvalue weighted by Gasteiger charge is 2.28. The van der Waals surface area contributed by atoms with Crippen molar-refractivity contribution in [3.8, 4) is 0 Å². The predicted molar refractivity (Wildman–Crippen MR) is 74.7 cm³/mol. The molecule has 0 amide bonds. The summed E-state index contributed by atoms with van der Waals surface area (Å²) < 4.78 is 32.6. The number of nitrogens with one attached hydrogen (secondary N) is 2. The first-order valence-electron chi connectivity index (χ1n) is 7.10. The molecule has 19 heavy (non-hydrogen) atoms. The molecule has 0 aromatic carbocycles. The Kier molecular flexibility index (Phi) is 5.58. The molecule has 0 saturated carbocycles. The van der Waals surface area contributed by atoms with Crippen molar-refractivity contribution in [3.05, 3.63) is 0 Å². The van der Waals surface area contributed by atoms with E-state index in [0.717, 1.165) is 45.9 Å². The molecule has 2 heterocycles. The van der Waals surface area contributed by atoms with Crippen LogP contribution in [-0.2, 0) is 14.8 Å². The van der Waals surface area contributed by atoms with Crippen molar-refractivity contribution in [1.82, 2.24) is 14.9 Å². The van der Waals surface area contributed by atoms with E-state index in [1.54, 1.807) is 0 Å². The van der Waals surface area contributed by atoms with Gasteiger partial charge in [-0.25, -0.2) is 13.1 Å². The monoisotopic (exact) mass is 291 g/mol. The largest absolute Gasteiger partial charge is 0.379 e. The zero-order valence-electron chi connectivity index (χ0n) is 11.6. The van der Waals surface area contributed by atoms with Gasteiger partial charge in [-0.05, 0) is 32.9 Å². The standard InChI is InChI=1S/C12H25N3O3S/c1-11(10-15-6-8-18-9-7-15)14-19(16,17)12-2-4-13-5-3-12/h11-14H,2-10H2,1H3. The molecule has 2 fully saturated rings. The Bertz CT molecular complexity index is 362. The molecule has 0 aromatic rings. The molecule has 0 radical (unpaired) electrons. The molecule has 2 rings (SSSR count). The van der Waals surface area contributed by atoms with Gasteiger partial charge in [0.15, 0.2) is 0 Å². The number of hydrogen-bond donors (Lipinski definition) is 2. The minimum absolute atomic E-state index is 0.0435. The van der Waals surface area contributed by atoms with Gasteiger partial charge in [0.25, 0.3) is 0 Å². The highest BCUT2D eigenvalue weighted by atomic mass is 32.2. The maximum atomic E-state index is 12.3. The summed E-state index contributed by atoms with van der Waals surface area (Å²) in [6, 6.07) is -0.0435. The van der Waals surface area contributed by atoms with Gasteiger partial charge < -0.3 is 10.1 Å². The maximum Gasteiger partial charge on any atom is 0.214 e. The molecule has 0 bridgehead atoms. The van der Waals surface area contributed by atoms with Gasteiger partial charge in [0.1, 0.15) is 0 Å². The number of rotatable bonds is 5. The lowest BCUT2D eigenvalue weighted by Gasteiger charge is -2.30. The number of ether oxygens (including phenoxy) is 1. The molecule has 1 unspecified atom stereocenters. The predicted octanol–water partition coefficient (Wildman–Crippen LogP) is -0.621. The molecule has 2 aliphatic heterocycles. The SMILES string of the molecule is CC(CN1CCOCC1)NS(=O)(=O)C1CCNCC1. The third kappa shape index (κ3) is 4.68. The van der Waals surface area contributed by atoms with E-state index in [2.05, 4.69) is 14.9 Å². The van der Waals surface area contributed by atoms with Crippen LogP contribution in [-0.4, -0.2) is 70.5 Å². The van der Waals surface area contributed by atoms with Gasteiger partial charge in [-0.2, -0.15) is 0 Å². The van der Waals surface area contributed by atoms with E-state index >= 15 is 0 Å². The summed E-state index contributed by atoms with van der Waals surface area (Å²) in [7, 11) is -3.18. The fraction of sp³-hybridized carbons (Fsp3) is 1.00. The van der Waals surface area contributed by atoms with Gasteiger partial charge in [0, 0.05) is 25.7 Å². The molecule has 6 nitrogen and oxygen atoms in total. The van der Waals surface area contributed by atoms with Crippen LogP contribution in [0.1, 0.15) is 19.8 Å². The van der Waals surface area contributed by atoms with E-state index in [1.807, 2.05) is 6.92 Å². The lowest BCUT2D eigenvalue weighted by atomic mass is 10.2. The van der Waals surface area contributed by atoms with E-state index in [9.17, 15) is 8.42 Å². The zero-order valence-corrected chi connectivity index (χ0v) is 12.4. The van der Waals surface area contributed by atoms with Crippen molar-refractivity contribution in [2.45, 2.75) is 31.1 Å². The molecular formula is C12H25N3O3S.